The van der Waals surface area contributed by atoms with E-state index in [1.165, 1.54) is 6.20 Å². The van der Waals surface area contributed by atoms with Crippen molar-refractivity contribution in [1.29, 1.82) is 0 Å². The molecule has 1 fully saturated rings. The van der Waals surface area contributed by atoms with Gasteiger partial charge in [0.25, 0.3) is 0 Å². The van der Waals surface area contributed by atoms with E-state index >= 15 is 0 Å². The van der Waals surface area contributed by atoms with E-state index in [-0.39, 0.29) is 22.0 Å². The smallest absolute Gasteiger partial charge is 0.225 e. The fraction of sp³-hybridized carbons (Fsp3) is 0.462. The van der Waals surface area contributed by atoms with Crippen LogP contribution in [-0.4, -0.2) is 38.7 Å². The molecule has 8 heteroatoms. The van der Waals surface area contributed by atoms with Crippen LogP contribution in [0, 0.1) is 5.82 Å². The monoisotopic (exact) mass is 330 g/mol. The quantitative estimate of drug-likeness (QED) is 0.643. The predicted molar refractivity (Wildman–Crippen MR) is 79.4 cm³/mol. The van der Waals surface area contributed by atoms with Gasteiger partial charge in [-0.1, -0.05) is 11.6 Å². The third-order valence-electron chi connectivity index (χ3n) is 3.81. The zero-order valence-electron chi connectivity index (χ0n) is 11.2. The number of hydrogen-bond acceptors (Lipinski definition) is 5. The van der Waals surface area contributed by atoms with Crippen LogP contribution in [0.1, 0.15) is 19.8 Å². The Morgan fingerprint density at radius 3 is 2.90 bits per heavy atom. The molecule has 1 N–H and O–H groups in total. The number of fused-ring (bicyclic) bond motifs is 1. The van der Waals surface area contributed by atoms with Crippen molar-refractivity contribution >= 4 is 39.9 Å². The van der Waals surface area contributed by atoms with E-state index in [4.69, 9.17) is 23.2 Å². The van der Waals surface area contributed by atoms with Crippen molar-refractivity contribution in [3.05, 3.63) is 22.5 Å². The van der Waals surface area contributed by atoms with Gasteiger partial charge in [-0.05, 0) is 31.4 Å². The minimum absolute atomic E-state index is 0.0391. The second-order valence-corrected chi connectivity index (χ2v) is 5.78. The molecule has 0 saturated carbocycles. The molecule has 21 heavy (non-hydrogen) atoms. The molecule has 0 unspecified atom stereocenters. The molecular weight excluding hydrogens is 318 g/mol. The third kappa shape index (κ3) is 2.52. The maximum atomic E-state index is 14.1. The highest BCUT2D eigenvalue weighted by atomic mass is 35.5. The van der Waals surface area contributed by atoms with Crippen LogP contribution in [0.3, 0.4) is 0 Å². The molecular formula is C13H13Cl2FN4O. The Labute approximate surface area is 130 Å². The van der Waals surface area contributed by atoms with Crippen LogP contribution in [0.2, 0.25) is 10.4 Å². The van der Waals surface area contributed by atoms with Crippen molar-refractivity contribution in [2.45, 2.75) is 31.9 Å². The Morgan fingerprint density at radius 2 is 2.14 bits per heavy atom. The molecule has 2 aromatic rings. The molecule has 0 spiro atoms. The first-order valence-electron chi connectivity index (χ1n) is 6.61. The van der Waals surface area contributed by atoms with Crippen LogP contribution in [0.4, 0.5) is 10.2 Å². The van der Waals surface area contributed by atoms with Crippen LogP contribution in [0.5, 0.6) is 0 Å². The molecule has 0 aromatic carbocycles. The average molecular weight is 331 g/mol. The Kier molecular flexibility index (Phi) is 3.86. The summed E-state index contributed by atoms with van der Waals surface area (Å²) in [6.07, 6.45) is 2.51. The normalized spacial score (nSPS) is 22.8. The molecule has 0 radical (unpaired) electrons. The molecule has 1 saturated heterocycles. The number of piperidine rings is 1. The van der Waals surface area contributed by atoms with Crippen LogP contribution in [-0.2, 0) is 0 Å². The summed E-state index contributed by atoms with van der Waals surface area (Å²) in [5, 5.41) is 10.1. The second kappa shape index (κ2) is 5.51. The number of anilines is 1. The predicted octanol–water partition coefficient (Wildman–Crippen LogP) is 2.82. The van der Waals surface area contributed by atoms with E-state index in [0.717, 1.165) is 12.8 Å². The SMILES string of the molecule is C[C@@H]1[C@H](O)CCCN1c1nc(Cl)nc2c(F)c(Cl)ncc12. The van der Waals surface area contributed by atoms with Crippen molar-refractivity contribution in [1.82, 2.24) is 15.0 Å². The Morgan fingerprint density at radius 1 is 1.38 bits per heavy atom. The number of aliphatic hydroxyl groups excluding tert-OH is 1. The summed E-state index contributed by atoms with van der Waals surface area (Å²) in [7, 11) is 0. The van der Waals surface area contributed by atoms with Gasteiger partial charge in [-0.3, -0.25) is 0 Å². The summed E-state index contributed by atoms with van der Waals surface area (Å²) in [6, 6.07) is -0.147. The standard InChI is InChI=1S/C13H13Cl2FN4O/c1-6-8(21)3-2-4-20(6)12-7-5-17-11(14)9(16)10(7)18-13(15)19-12/h5-6,8,21H,2-4H2,1H3/t6-,8-/m1/s1. The Bertz CT molecular complexity index is 699. The molecule has 0 bridgehead atoms. The Hall–Kier alpha value is -1.24. The first-order chi connectivity index (χ1) is 9.99. The Balaban J connectivity index is 2.20. The number of pyridine rings is 1. The van der Waals surface area contributed by atoms with Gasteiger partial charge in [-0.25, -0.2) is 14.4 Å². The van der Waals surface area contributed by atoms with Gasteiger partial charge in [0, 0.05) is 12.7 Å². The lowest BCUT2D eigenvalue weighted by atomic mass is 10.00. The second-order valence-electron chi connectivity index (χ2n) is 5.09. The molecule has 1 aliphatic heterocycles. The number of rotatable bonds is 1. The molecule has 2 aromatic heterocycles. The van der Waals surface area contributed by atoms with Gasteiger partial charge in [0.2, 0.25) is 5.28 Å². The topological polar surface area (TPSA) is 62.1 Å². The zero-order valence-corrected chi connectivity index (χ0v) is 12.7. The molecule has 0 amide bonds. The fourth-order valence-corrected chi connectivity index (χ4v) is 2.94. The van der Waals surface area contributed by atoms with E-state index in [9.17, 15) is 9.50 Å². The lowest BCUT2D eigenvalue weighted by molar-refractivity contribution is 0.119. The van der Waals surface area contributed by atoms with Gasteiger partial charge in [0.05, 0.1) is 17.5 Å². The lowest BCUT2D eigenvalue weighted by Gasteiger charge is -2.38. The molecule has 5 nitrogen and oxygen atoms in total. The number of aromatic nitrogens is 3. The van der Waals surface area contributed by atoms with Gasteiger partial charge in [-0.15, -0.1) is 0 Å². The molecule has 3 heterocycles. The van der Waals surface area contributed by atoms with Crippen LogP contribution in [0.15, 0.2) is 6.20 Å². The first kappa shape index (κ1) is 14.7. The average Bonchev–Trinajstić information content (AvgIpc) is 2.46. The molecule has 1 aliphatic rings. The van der Waals surface area contributed by atoms with Gasteiger partial charge in [-0.2, -0.15) is 4.98 Å². The van der Waals surface area contributed by atoms with Crippen LogP contribution < -0.4 is 4.90 Å². The van der Waals surface area contributed by atoms with E-state index < -0.39 is 11.9 Å². The molecule has 3 rings (SSSR count). The summed E-state index contributed by atoms with van der Waals surface area (Å²) in [6.45, 7) is 2.59. The highest BCUT2D eigenvalue weighted by Crippen LogP contribution is 2.32. The van der Waals surface area contributed by atoms with Crippen LogP contribution in [0.25, 0.3) is 10.9 Å². The zero-order chi connectivity index (χ0) is 15.1. The van der Waals surface area contributed by atoms with Crippen molar-refractivity contribution in [2.75, 3.05) is 11.4 Å². The fourth-order valence-electron chi connectivity index (χ4n) is 2.63. The minimum atomic E-state index is -0.718. The molecule has 2 atom stereocenters. The molecule has 112 valence electrons. The van der Waals surface area contributed by atoms with Gasteiger partial charge in [0.1, 0.15) is 11.3 Å². The summed E-state index contributed by atoms with van der Waals surface area (Å²) in [5.41, 5.74) is 0.0391. The van der Waals surface area contributed by atoms with Crippen molar-refractivity contribution in [2.24, 2.45) is 0 Å². The number of nitrogens with zero attached hydrogens (tertiary/aromatic N) is 4. The van der Waals surface area contributed by atoms with Gasteiger partial charge >= 0.3 is 0 Å². The van der Waals surface area contributed by atoms with Gasteiger partial charge < -0.3 is 10.0 Å². The number of halogens is 3. The maximum Gasteiger partial charge on any atom is 0.225 e. The largest absolute Gasteiger partial charge is 0.391 e. The van der Waals surface area contributed by atoms with E-state index in [0.29, 0.717) is 17.7 Å². The number of hydrogen-bond donors (Lipinski definition) is 1. The van der Waals surface area contributed by atoms with Crippen LogP contribution >= 0.6 is 23.2 Å². The summed E-state index contributed by atoms with van der Waals surface area (Å²) in [4.78, 5) is 13.8. The minimum Gasteiger partial charge on any atom is -0.391 e. The highest BCUT2D eigenvalue weighted by molar-refractivity contribution is 6.30. The number of aliphatic hydroxyl groups is 1. The van der Waals surface area contributed by atoms with Crippen molar-refractivity contribution < 1.29 is 9.50 Å². The highest BCUT2D eigenvalue weighted by Gasteiger charge is 2.29. The van der Waals surface area contributed by atoms with E-state index in [1.54, 1.807) is 0 Å². The van der Waals surface area contributed by atoms with Gasteiger partial charge in [0.15, 0.2) is 11.0 Å². The first-order valence-corrected chi connectivity index (χ1v) is 7.36. The summed E-state index contributed by atoms with van der Waals surface area (Å²) < 4.78 is 14.1. The third-order valence-corrected chi connectivity index (χ3v) is 4.25. The van der Waals surface area contributed by atoms with E-state index in [1.807, 2.05) is 11.8 Å². The lowest BCUT2D eigenvalue weighted by Crippen LogP contribution is -2.47. The summed E-state index contributed by atoms with van der Waals surface area (Å²) in [5.74, 6) is -0.246. The van der Waals surface area contributed by atoms with Crippen molar-refractivity contribution in [3.63, 3.8) is 0 Å². The van der Waals surface area contributed by atoms with Crippen molar-refractivity contribution in [3.8, 4) is 0 Å². The molecule has 0 aliphatic carbocycles. The maximum absolute atomic E-state index is 14.1. The summed E-state index contributed by atoms with van der Waals surface area (Å²) >= 11 is 11.6. The van der Waals surface area contributed by atoms with E-state index in [2.05, 4.69) is 15.0 Å².